The molecule has 1 aliphatic rings. The second-order valence-corrected chi connectivity index (χ2v) is 4.02. The Morgan fingerprint density at radius 3 is 2.64 bits per heavy atom. The van der Waals surface area contributed by atoms with Crippen molar-refractivity contribution >= 4 is 11.6 Å². The van der Waals surface area contributed by atoms with Gasteiger partial charge in [0.25, 0.3) is 0 Å². The summed E-state index contributed by atoms with van der Waals surface area (Å²) in [5, 5.41) is 4.07. The van der Waals surface area contributed by atoms with E-state index in [-0.39, 0.29) is 0 Å². The van der Waals surface area contributed by atoms with Gasteiger partial charge >= 0.3 is 0 Å². The fraction of sp³-hybridized carbons (Fsp3) is 0.455. The van der Waals surface area contributed by atoms with Crippen LogP contribution in [0, 0.1) is 0 Å². The van der Waals surface area contributed by atoms with Crippen LogP contribution in [0.1, 0.15) is 12.0 Å². The Bertz CT molecular complexity index is 282. The van der Waals surface area contributed by atoms with Gasteiger partial charge in [-0.1, -0.05) is 23.7 Å². The predicted molar refractivity (Wildman–Crippen MR) is 57.5 cm³/mol. The quantitative estimate of drug-likeness (QED) is 0.825. The van der Waals surface area contributed by atoms with Gasteiger partial charge in [-0.3, -0.25) is 0 Å². The van der Waals surface area contributed by atoms with Crippen LogP contribution in [0.15, 0.2) is 24.3 Å². The maximum Gasteiger partial charge on any atom is 0.0717 e. The van der Waals surface area contributed by atoms with Crippen LogP contribution in [-0.2, 0) is 11.3 Å². The molecule has 2 nitrogen and oxygen atoms in total. The van der Waals surface area contributed by atoms with E-state index in [4.69, 9.17) is 16.3 Å². The zero-order valence-corrected chi connectivity index (χ0v) is 8.76. The van der Waals surface area contributed by atoms with Crippen LogP contribution >= 0.6 is 11.6 Å². The number of ether oxygens (including phenoxy) is 1. The Labute approximate surface area is 89.2 Å². The van der Waals surface area contributed by atoms with Gasteiger partial charge in [0.2, 0.25) is 0 Å². The van der Waals surface area contributed by atoms with Crippen molar-refractivity contribution in [2.24, 2.45) is 0 Å². The van der Waals surface area contributed by atoms with Crippen molar-refractivity contribution in [3.8, 4) is 0 Å². The molecule has 1 fully saturated rings. The summed E-state index contributed by atoms with van der Waals surface area (Å²) < 4.78 is 5.56. The van der Waals surface area contributed by atoms with E-state index >= 15 is 0 Å². The number of benzene rings is 1. The van der Waals surface area contributed by atoms with Crippen LogP contribution in [0.5, 0.6) is 0 Å². The van der Waals surface area contributed by atoms with Crippen LogP contribution in [0.2, 0.25) is 5.02 Å². The van der Waals surface area contributed by atoms with E-state index in [0.717, 1.165) is 18.2 Å². The third-order valence-corrected chi connectivity index (χ3v) is 2.68. The molecule has 1 aliphatic heterocycles. The molecule has 1 N–H and O–H groups in total. The summed E-state index contributed by atoms with van der Waals surface area (Å²) in [6.45, 7) is 2.62. The number of nitrogens with one attached hydrogen (secondary N) is 1. The predicted octanol–water partition coefficient (Wildman–Crippen LogP) is 2.22. The average Bonchev–Trinajstić information content (AvgIpc) is 2.12. The summed E-state index contributed by atoms with van der Waals surface area (Å²) in [5.74, 6) is 0. The molecule has 0 amide bonds. The fourth-order valence-electron chi connectivity index (χ4n) is 1.39. The molecule has 0 aliphatic carbocycles. The molecule has 1 unspecified atom stereocenters. The molecule has 1 aromatic carbocycles. The molecule has 1 aromatic rings. The first-order valence-electron chi connectivity index (χ1n) is 4.90. The first-order chi connectivity index (χ1) is 6.84. The first-order valence-corrected chi connectivity index (χ1v) is 5.28. The highest BCUT2D eigenvalue weighted by atomic mass is 35.5. The third kappa shape index (κ3) is 2.71. The summed E-state index contributed by atoms with van der Waals surface area (Å²) >= 11 is 5.78. The van der Waals surface area contributed by atoms with Crippen molar-refractivity contribution in [2.75, 3.05) is 13.2 Å². The van der Waals surface area contributed by atoms with E-state index in [0.29, 0.717) is 12.6 Å². The van der Waals surface area contributed by atoms with Gasteiger partial charge in [0, 0.05) is 11.1 Å². The van der Waals surface area contributed by atoms with Gasteiger partial charge in [-0.25, -0.2) is 0 Å². The summed E-state index contributed by atoms with van der Waals surface area (Å²) in [4.78, 5) is 0. The monoisotopic (exact) mass is 211 g/mol. The Balaban J connectivity index is 1.71. The van der Waals surface area contributed by atoms with Crippen LogP contribution in [0.3, 0.4) is 0 Å². The Morgan fingerprint density at radius 2 is 2.07 bits per heavy atom. The summed E-state index contributed by atoms with van der Waals surface area (Å²) in [7, 11) is 0. The second kappa shape index (κ2) is 4.78. The molecule has 0 radical (unpaired) electrons. The zero-order chi connectivity index (χ0) is 9.80. The minimum Gasteiger partial charge on any atom is -0.375 e. The average molecular weight is 212 g/mol. The van der Waals surface area contributed by atoms with Gasteiger partial charge in [0.1, 0.15) is 0 Å². The molecule has 3 heteroatoms. The molecule has 14 heavy (non-hydrogen) atoms. The van der Waals surface area contributed by atoms with E-state index in [1.807, 2.05) is 24.3 Å². The lowest BCUT2D eigenvalue weighted by Crippen LogP contribution is -2.45. The fourth-order valence-corrected chi connectivity index (χ4v) is 1.52. The lowest BCUT2D eigenvalue weighted by Gasteiger charge is -2.27. The number of hydrogen-bond acceptors (Lipinski definition) is 2. The van der Waals surface area contributed by atoms with Crippen molar-refractivity contribution < 1.29 is 4.74 Å². The lowest BCUT2D eigenvalue weighted by atomic mass is 10.1. The van der Waals surface area contributed by atoms with Gasteiger partial charge in [0.15, 0.2) is 0 Å². The Kier molecular flexibility index (Phi) is 3.40. The normalized spacial score (nSPS) is 20.5. The maximum absolute atomic E-state index is 5.78. The molecular weight excluding hydrogens is 198 g/mol. The molecule has 2 rings (SSSR count). The van der Waals surface area contributed by atoms with Crippen molar-refractivity contribution in [1.29, 1.82) is 0 Å². The van der Waals surface area contributed by atoms with E-state index < -0.39 is 0 Å². The number of hydrogen-bond donors (Lipinski definition) is 1. The minimum atomic E-state index is 0.572. The largest absolute Gasteiger partial charge is 0.375 e. The molecule has 0 bridgehead atoms. The van der Waals surface area contributed by atoms with Gasteiger partial charge in [0.05, 0.1) is 13.2 Å². The van der Waals surface area contributed by atoms with Crippen LogP contribution in [0.25, 0.3) is 0 Å². The molecule has 0 aromatic heterocycles. The zero-order valence-electron chi connectivity index (χ0n) is 8.00. The highest BCUT2D eigenvalue weighted by Crippen LogP contribution is 2.11. The summed E-state index contributed by atoms with van der Waals surface area (Å²) in [6, 6.07) is 8.35. The topological polar surface area (TPSA) is 21.3 Å². The molecular formula is C11H14ClNO. The van der Waals surface area contributed by atoms with E-state index in [1.165, 1.54) is 12.0 Å². The standard InChI is InChI=1S/C11H14ClNO/c12-10-3-1-9(2-4-10)7-14-8-11-5-6-13-11/h1-4,11,13H,5-8H2. The van der Waals surface area contributed by atoms with Gasteiger partial charge in [-0.05, 0) is 30.7 Å². The van der Waals surface area contributed by atoms with Crippen LogP contribution in [0.4, 0.5) is 0 Å². The second-order valence-electron chi connectivity index (χ2n) is 3.58. The molecule has 1 saturated heterocycles. The molecule has 1 atom stereocenters. The Morgan fingerprint density at radius 1 is 1.36 bits per heavy atom. The molecule has 0 saturated carbocycles. The third-order valence-electron chi connectivity index (χ3n) is 2.43. The van der Waals surface area contributed by atoms with Gasteiger partial charge < -0.3 is 10.1 Å². The maximum atomic E-state index is 5.78. The van der Waals surface area contributed by atoms with Crippen molar-refractivity contribution in [1.82, 2.24) is 5.32 Å². The highest BCUT2D eigenvalue weighted by molar-refractivity contribution is 6.30. The molecule has 0 spiro atoms. The molecule has 76 valence electrons. The van der Waals surface area contributed by atoms with Gasteiger partial charge in [-0.15, -0.1) is 0 Å². The molecule has 1 heterocycles. The minimum absolute atomic E-state index is 0.572. The Hall–Kier alpha value is -0.570. The highest BCUT2D eigenvalue weighted by Gasteiger charge is 2.15. The van der Waals surface area contributed by atoms with E-state index in [1.54, 1.807) is 0 Å². The van der Waals surface area contributed by atoms with Crippen LogP contribution in [-0.4, -0.2) is 19.2 Å². The first kappa shape index (κ1) is 9.97. The number of rotatable bonds is 4. The number of halogens is 1. The van der Waals surface area contributed by atoms with Crippen molar-refractivity contribution in [2.45, 2.75) is 19.1 Å². The van der Waals surface area contributed by atoms with Crippen LogP contribution < -0.4 is 5.32 Å². The van der Waals surface area contributed by atoms with E-state index in [2.05, 4.69) is 5.32 Å². The van der Waals surface area contributed by atoms with Crippen molar-refractivity contribution in [3.63, 3.8) is 0 Å². The SMILES string of the molecule is Clc1ccc(COCC2CCN2)cc1. The van der Waals surface area contributed by atoms with Gasteiger partial charge in [-0.2, -0.15) is 0 Å². The lowest BCUT2D eigenvalue weighted by molar-refractivity contribution is 0.0807. The van der Waals surface area contributed by atoms with E-state index in [9.17, 15) is 0 Å². The summed E-state index contributed by atoms with van der Waals surface area (Å²) in [5.41, 5.74) is 1.17. The smallest absolute Gasteiger partial charge is 0.0717 e. The summed E-state index contributed by atoms with van der Waals surface area (Å²) in [6.07, 6.45) is 1.24. The van der Waals surface area contributed by atoms with Crippen molar-refractivity contribution in [3.05, 3.63) is 34.9 Å².